The standard InChI is InChI=1S/C30H22/c1-21-20-22-12-8-9-17-25(22)29-28(21)26-18-10-11-19-27(26)30(29,23-13-4-2-5-14-23)24-15-6-3-7-16-24/h2-20H,1H3. The molecule has 0 aliphatic heterocycles. The molecule has 0 heteroatoms. The molecule has 0 atom stereocenters. The summed E-state index contributed by atoms with van der Waals surface area (Å²) in [5, 5.41) is 2.64. The molecule has 30 heavy (non-hydrogen) atoms. The van der Waals surface area contributed by atoms with E-state index in [1.165, 1.54) is 49.7 Å². The fourth-order valence-corrected chi connectivity index (χ4v) is 5.53. The molecule has 0 bridgehead atoms. The third kappa shape index (κ3) is 2.16. The molecular weight excluding hydrogens is 360 g/mol. The maximum absolute atomic E-state index is 2.34. The van der Waals surface area contributed by atoms with Gasteiger partial charge in [-0.25, -0.2) is 0 Å². The number of rotatable bonds is 2. The fraction of sp³-hybridized carbons (Fsp3) is 0.0667. The fourth-order valence-electron chi connectivity index (χ4n) is 5.53. The van der Waals surface area contributed by atoms with Crippen molar-refractivity contribution in [1.29, 1.82) is 0 Å². The molecule has 142 valence electrons. The summed E-state index contributed by atoms with van der Waals surface area (Å²) in [5.74, 6) is 0. The number of hydrogen-bond donors (Lipinski definition) is 0. The van der Waals surface area contributed by atoms with E-state index in [1.807, 2.05) is 0 Å². The van der Waals surface area contributed by atoms with Gasteiger partial charge in [0.25, 0.3) is 0 Å². The molecule has 0 heterocycles. The molecule has 1 aliphatic rings. The zero-order valence-electron chi connectivity index (χ0n) is 17.0. The van der Waals surface area contributed by atoms with Gasteiger partial charge in [-0.05, 0) is 56.6 Å². The first-order chi connectivity index (χ1) is 14.8. The average molecular weight is 383 g/mol. The van der Waals surface area contributed by atoms with Crippen molar-refractivity contribution < 1.29 is 0 Å². The van der Waals surface area contributed by atoms with Crippen LogP contribution in [-0.4, -0.2) is 0 Å². The average Bonchev–Trinajstić information content (AvgIpc) is 3.13. The van der Waals surface area contributed by atoms with E-state index in [4.69, 9.17) is 0 Å². The molecule has 0 fully saturated rings. The van der Waals surface area contributed by atoms with E-state index in [1.54, 1.807) is 0 Å². The Balaban J connectivity index is 1.91. The predicted octanol–water partition coefficient (Wildman–Crippen LogP) is 7.51. The highest BCUT2D eigenvalue weighted by atomic mass is 14.5. The second-order valence-electron chi connectivity index (χ2n) is 8.19. The smallest absolute Gasteiger partial charge is 0.0622 e. The number of benzene rings is 5. The second kappa shape index (κ2) is 6.43. The first-order valence-corrected chi connectivity index (χ1v) is 10.6. The van der Waals surface area contributed by atoms with Crippen LogP contribution in [0.3, 0.4) is 0 Å². The predicted molar refractivity (Wildman–Crippen MR) is 126 cm³/mol. The van der Waals surface area contributed by atoms with E-state index >= 15 is 0 Å². The molecule has 0 unspecified atom stereocenters. The Kier molecular flexibility index (Phi) is 3.70. The molecule has 6 rings (SSSR count). The van der Waals surface area contributed by atoms with Crippen LogP contribution >= 0.6 is 0 Å². The molecule has 0 amide bonds. The Morgan fingerprint density at radius 2 is 1.13 bits per heavy atom. The van der Waals surface area contributed by atoms with Crippen molar-refractivity contribution >= 4 is 10.8 Å². The first-order valence-electron chi connectivity index (χ1n) is 10.6. The summed E-state index contributed by atoms with van der Waals surface area (Å²) in [5.41, 5.74) is 9.16. The lowest BCUT2D eigenvalue weighted by atomic mass is 9.66. The highest BCUT2D eigenvalue weighted by Gasteiger charge is 2.47. The summed E-state index contributed by atoms with van der Waals surface area (Å²) in [4.78, 5) is 0. The summed E-state index contributed by atoms with van der Waals surface area (Å²) in [6, 6.07) is 42.2. The molecule has 0 saturated carbocycles. The van der Waals surface area contributed by atoms with Gasteiger partial charge in [-0.3, -0.25) is 0 Å². The van der Waals surface area contributed by atoms with Crippen molar-refractivity contribution in [2.45, 2.75) is 12.3 Å². The van der Waals surface area contributed by atoms with Gasteiger partial charge in [-0.15, -0.1) is 0 Å². The van der Waals surface area contributed by atoms with Crippen LogP contribution < -0.4 is 0 Å². The second-order valence-corrected chi connectivity index (χ2v) is 8.19. The molecule has 0 nitrogen and oxygen atoms in total. The normalized spacial score (nSPS) is 13.8. The van der Waals surface area contributed by atoms with Gasteiger partial charge in [0.15, 0.2) is 0 Å². The first kappa shape index (κ1) is 17.2. The van der Waals surface area contributed by atoms with Crippen LogP contribution in [0.5, 0.6) is 0 Å². The SMILES string of the molecule is Cc1cc2ccccc2c2c1-c1ccccc1C2(c1ccccc1)c1ccccc1. The third-order valence-electron chi connectivity index (χ3n) is 6.64. The number of hydrogen-bond acceptors (Lipinski definition) is 0. The molecule has 1 aliphatic carbocycles. The van der Waals surface area contributed by atoms with Gasteiger partial charge in [-0.2, -0.15) is 0 Å². The van der Waals surface area contributed by atoms with Crippen molar-refractivity contribution in [2.75, 3.05) is 0 Å². The van der Waals surface area contributed by atoms with E-state index in [9.17, 15) is 0 Å². The van der Waals surface area contributed by atoms with E-state index in [-0.39, 0.29) is 5.41 Å². The maximum atomic E-state index is 2.34. The van der Waals surface area contributed by atoms with E-state index in [0.717, 1.165) is 0 Å². The summed E-state index contributed by atoms with van der Waals surface area (Å²) in [6.07, 6.45) is 0. The van der Waals surface area contributed by atoms with Crippen LogP contribution in [0.2, 0.25) is 0 Å². The van der Waals surface area contributed by atoms with Gasteiger partial charge in [0.05, 0.1) is 5.41 Å². The Hall–Kier alpha value is -3.64. The Morgan fingerprint density at radius 3 is 1.83 bits per heavy atom. The molecular formula is C30H22. The molecule has 0 spiro atoms. The highest BCUT2D eigenvalue weighted by molar-refractivity contribution is 6.01. The van der Waals surface area contributed by atoms with Crippen molar-refractivity contribution in [3.63, 3.8) is 0 Å². The van der Waals surface area contributed by atoms with E-state index < -0.39 is 0 Å². The zero-order chi connectivity index (χ0) is 20.1. The molecule has 5 aromatic rings. The van der Waals surface area contributed by atoms with E-state index in [2.05, 4.69) is 122 Å². The van der Waals surface area contributed by atoms with Crippen molar-refractivity contribution in [2.24, 2.45) is 0 Å². The Morgan fingerprint density at radius 1 is 0.567 bits per heavy atom. The van der Waals surface area contributed by atoms with Crippen LogP contribution in [0.15, 0.2) is 115 Å². The van der Waals surface area contributed by atoms with Gasteiger partial charge >= 0.3 is 0 Å². The number of aryl methyl sites for hydroxylation is 1. The Labute approximate surface area is 177 Å². The van der Waals surface area contributed by atoms with Gasteiger partial charge in [0.1, 0.15) is 0 Å². The Bertz CT molecular complexity index is 1340. The third-order valence-corrected chi connectivity index (χ3v) is 6.64. The summed E-state index contributed by atoms with van der Waals surface area (Å²) >= 11 is 0. The maximum Gasteiger partial charge on any atom is 0.0719 e. The van der Waals surface area contributed by atoms with Crippen molar-refractivity contribution in [3.05, 3.63) is 143 Å². The summed E-state index contributed by atoms with van der Waals surface area (Å²) in [7, 11) is 0. The van der Waals surface area contributed by atoms with Crippen molar-refractivity contribution in [1.82, 2.24) is 0 Å². The van der Waals surface area contributed by atoms with Crippen LogP contribution in [0.4, 0.5) is 0 Å². The summed E-state index contributed by atoms with van der Waals surface area (Å²) < 4.78 is 0. The zero-order valence-corrected chi connectivity index (χ0v) is 17.0. The quantitative estimate of drug-likeness (QED) is 0.291. The topological polar surface area (TPSA) is 0 Å². The molecule has 0 aromatic heterocycles. The monoisotopic (exact) mass is 382 g/mol. The molecule has 5 aromatic carbocycles. The van der Waals surface area contributed by atoms with Crippen molar-refractivity contribution in [3.8, 4) is 11.1 Å². The lowest BCUT2D eigenvalue weighted by Gasteiger charge is -2.34. The highest BCUT2D eigenvalue weighted by Crippen LogP contribution is 2.58. The minimum absolute atomic E-state index is 0.333. The van der Waals surface area contributed by atoms with Gasteiger partial charge in [0.2, 0.25) is 0 Å². The van der Waals surface area contributed by atoms with Crippen LogP contribution in [0, 0.1) is 6.92 Å². The summed E-state index contributed by atoms with van der Waals surface area (Å²) in [6.45, 7) is 2.26. The minimum Gasteiger partial charge on any atom is -0.0622 e. The van der Waals surface area contributed by atoms with Gasteiger partial charge < -0.3 is 0 Å². The van der Waals surface area contributed by atoms with Crippen LogP contribution in [-0.2, 0) is 5.41 Å². The van der Waals surface area contributed by atoms with E-state index in [0.29, 0.717) is 0 Å². The van der Waals surface area contributed by atoms with Crippen LogP contribution in [0.1, 0.15) is 27.8 Å². The van der Waals surface area contributed by atoms with Gasteiger partial charge in [-0.1, -0.05) is 115 Å². The molecule has 0 saturated heterocycles. The molecule has 0 radical (unpaired) electrons. The largest absolute Gasteiger partial charge is 0.0719 e. The molecule has 0 N–H and O–H groups in total. The lowest BCUT2D eigenvalue weighted by Crippen LogP contribution is -2.28. The minimum atomic E-state index is -0.333. The van der Waals surface area contributed by atoms with Gasteiger partial charge in [0, 0.05) is 0 Å². The number of fused-ring (bicyclic) bond motifs is 5. The van der Waals surface area contributed by atoms with Crippen LogP contribution in [0.25, 0.3) is 21.9 Å². The lowest BCUT2D eigenvalue weighted by molar-refractivity contribution is 0.775.